The van der Waals surface area contributed by atoms with E-state index in [0.29, 0.717) is 16.8 Å². The fraction of sp³-hybridized carbons (Fsp3) is 0.0714. The van der Waals surface area contributed by atoms with Crippen LogP contribution in [0.15, 0.2) is 30.5 Å². The Morgan fingerprint density at radius 2 is 2.10 bits per heavy atom. The van der Waals surface area contributed by atoms with Crippen LogP contribution in [-0.2, 0) is 0 Å². The van der Waals surface area contributed by atoms with Gasteiger partial charge in [0.1, 0.15) is 11.6 Å². The summed E-state index contributed by atoms with van der Waals surface area (Å²) in [6.07, 6.45) is 1.41. The molecule has 0 aliphatic heterocycles. The van der Waals surface area contributed by atoms with Crippen LogP contribution >= 0.6 is 0 Å². The SMILES string of the molecule is Cc1cc(C(O)=Cc2ccnc(NC(=O)O)n2)ccc1F. The highest BCUT2D eigenvalue weighted by Crippen LogP contribution is 2.18. The zero-order valence-electron chi connectivity index (χ0n) is 11.0. The summed E-state index contributed by atoms with van der Waals surface area (Å²) in [4.78, 5) is 18.1. The fourth-order valence-corrected chi connectivity index (χ4v) is 1.64. The molecule has 3 N–H and O–H groups in total. The highest BCUT2D eigenvalue weighted by molar-refractivity contribution is 5.81. The van der Waals surface area contributed by atoms with Gasteiger partial charge in [0.05, 0.1) is 5.69 Å². The first-order valence-corrected chi connectivity index (χ1v) is 5.96. The van der Waals surface area contributed by atoms with Crippen LogP contribution in [0.4, 0.5) is 15.1 Å². The summed E-state index contributed by atoms with van der Waals surface area (Å²) in [6.45, 7) is 1.59. The highest BCUT2D eigenvalue weighted by Gasteiger charge is 2.05. The van der Waals surface area contributed by atoms with Gasteiger partial charge in [-0.3, -0.25) is 5.32 Å². The quantitative estimate of drug-likeness (QED) is 0.755. The van der Waals surface area contributed by atoms with E-state index in [4.69, 9.17) is 5.11 Å². The van der Waals surface area contributed by atoms with Gasteiger partial charge in [0.15, 0.2) is 0 Å². The van der Waals surface area contributed by atoms with Crippen LogP contribution < -0.4 is 5.32 Å². The molecule has 1 aromatic carbocycles. The minimum atomic E-state index is -1.28. The molecule has 0 aliphatic rings. The van der Waals surface area contributed by atoms with E-state index in [2.05, 4.69) is 9.97 Å². The normalized spacial score (nSPS) is 11.2. The van der Waals surface area contributed by atoms with Crippen molar-refractivity contribution in [3.63, 3.8) is 0 Å². The molecule has 6 nitrogen and oxygen atoms in total. The molecule has 108 valence electrons. The van der Waals surface area contributed by atoms with Crippen molar-refractivity contribution in [2.24, 2.45) is 0 Å². The number of nitrogens with one attached hydrogen (secondary N) is 1. The maximum Gasteiger partial charge on any atom is 0.411 e. The average Bonchev–Trinajstić information content (AvgIpc) is 2.41. The molecule has 0 atom stereocenters. The zero-order valence-corrected chi connectivity index (χ0v) is 11.0. The first-order valence-electron chi connectivity index (χ1n) is 5.96. The first kappa shape index (κ1) is 14.4. The standard InChI is InChI=1S/C14H12FN3O3/c1-8-6-9(2-3-11(8)15)12(19)7-10-4-5-16-13(17-10)18-14(20)21/h2-7,19H,1H3,(H,20,21)(H,16,17,18). The number of carbonyl (C=O) groups is 1. The topological polar surface area (TPSA) is 95.3 Å². The number of carboxylic acid groups (broad SMARTS) is 1. The van der Waals surface area contributed by atoms with Gasteiger partial charge in [-0.2, -0.15) is 0 Å². The molecule has 0 saturated heterocycles. The summed E-state index contributed by atoms with van der Waals surface area (Å²) in [6, 6.07) is 5.69. The van der Waals surface area contributed by atoms with E-state index in [1.54, 1.807) is 6.92 Å². The number of rotatable bonds is 3. The number of hydrogen-bond acceptors (Lipinski definition) is 4. The number of aromatic nitrogens is 2. The molecule has 1 amide bonds. The summed E-state index contributed by atoms with van der Waals surface area (Å²) in [5, 5.41) is 20.6. The summed E-state index contributed by atoms with van der Waals surface area (Å²) < 4.78 is 13.2. The van der Waals surface area contributed by atoms with Crippen LogP contribution in [0.3, 0.4) is 0 Å². The van der Waals surface area contributed by atoms with Gasteiger partial charge in [-0.1, -0.05) is 0 Å². The van der Waals surface area contributed by atoms with Crippen molar-refractivity contribution < 1.29 is 19.4 Å². The predicted molar refractivity (Wildman–Crippen MR) is 75.3 cm³/mol. The molecule has 2 rings (SSSR count). The van der Waals surface area contributed by atoms with E-state index in [9.17, 15) is 14.3 Å². The van der Waals surface area contributed by atoms with Crippen LogP contribution in [0.5, 0.6) is 0 Å². The van der Waals surface area contributed by atoms with Crippen LogP contribution in [0.25, 0.3) is 11.8 Å². The Hall–Kier alpha value is -2.96. The maximum absolute atomic E-state index is 13.2. The molecule has 7 heteroatoms. The smallest absolute Gasteiger partial charge is 0.411 e. The lowest BCUT2D eigenvalue weighted by atomic mass is 10.1. The van der Waals surface area contributed by atoms with Gasteiger partial charge in [0.2, 0.25) is 5.95 Å². The second-order valence-corrected chi connectivity index (χ2v) is 4.23. The molecule has 0 saturated carbocycles. The van der Waals surface area contributed by atoms with Crippen LogP contribution in [0, 0.1) is 12.7 Å². The lowest BCUT2D eigenvalue weighted by Crippen LogP contribution is -2.10. The summed E-state index contributed by atoms with van der Waals surface area (Å²) in [5.74, 6) is -0.570. The molecular formula is C14H12FN3O3. The minimum absolute atomic E-state index is 0.0978. The van der Waals surface area contributed by atoms with E-state index in [0.717, 1.165) is 0 Å². The Morgan fingerprint density at radius 1 is 1.33 bits per heavy atom. The average molecular weight is 289 g/mol. The van der Waals surface area contributed by atoms with E-state index in [1.807, 2.05) is 5.32 Å². The Kier molecular flexibility index (Phi) is 4.13. The number of aliphatic hydroxyl groups is 1. The van der Waals surface area contributed by atoms with Gasteiger partial charge in [0.25, 0.3) is 0 Å². The summed E-state index contributed by atoms with van der Waals surface area (Å²) in [7, 11) is 0. The summed E-state index contributed by atoms with van der Waals surface area (Å²) in [5.41, 5.74) is 1.15. The van der Waals surface area contributed by atoms with Crippen molar-refractivity contribution in [2.75, 3.05) is 5.32 Å². The second-order valence-electron chi connectivity index (χ2n) is 4.23. The zero-order chi connectivity index (χ0) is 15.4. The Bertz CT molecular complexity index is 716. The molecular weight excluding hydrogens is 277 g/mol. The van der Waals surface area contributed by atoms with E-state index >= 15 is 0 Å². The van der Waals surface area contributed by atoms with Gasteiger partial charge in [0, 0.05) is 17.8 Å². The molecule has 1 heterocycles. The highest BCUT2D eigenvalue weighted by atomic mass is 19.1. The lowest BCUT2D eigenvalue weighted by molar-refractivity contribution is 0.209. The number of anilines is 1. The maximum atomic E-state index is 13.2. The van der Waals surface area contributed by atoms with E-state index in [1.165, 1.54) is 36.5 Å². The van der Waals surface area contributed by atoms with Crippen LogP contribution in [0.2, 0.25) is 0 Å². The van der Waals surface area contributed by atoms with Crippen molar-refractivity contribution >= 4 is 23.9 Å². The third kappa shape index (κ3) is 3.75. The number of aliphatic hydroxyl groups excluding tert-OH is 1. The Labute approximate surface area is 119 Å². The van der Waals surface area contributed by atoms with Gasteiger partial charge in [-0.25, -0.2) is 19.2 Å². The molecule has 1 aromatic heterocycles. The lowest BCUT2D eigenvalue weighted by Gasteiger charge is -2.04. The van der Waals surface area contributed by atoms with Crippen LogP contribution in [-0.4, -0.2) is 26.3 Å². The molecule has 0 fully saturated rings. The first-order chi connectivity index (χ1) is 9.95. The van der Waals surface area contributed by atoms with Gasteiger partial charge >= 0.3 is 6.09 Å². The third-order valence-corrected chi connectivity index (χ3v) is 2.63. The predicted octanol–water partition coefficient (Wildman–Crippen LogP) is 3.07. The molecule has 0 spiro atoms. The molecule has 0 unspecified atom stereocenters. The number of benzene rings is 1. The van der Waals surface area contributed by atoms with Gasteiger partial charge < -0.3 is 10.2 Å². The molecule has 21 heavy (non-hydrogen) atoms. The van der Waals surface area contributed by atoms with Crippen molar-refractivity contribution in [3.05, 3.63) is 53.1 Å². The van der Waals surface area contributed by atoms with Crippen molar-refractivity contribution in [2.45, 2.75) is 6.92 Å². The van der Waals surface area contributed by atoms with Gasteiger partial charge in [-0.05, 0) is 36.8 Å². The largest absolute Gasteiger partial charge is 0.507 e. The molecule has 0 radical (unpaired) electrons. The van der Waals surface area contributed by atoms with Crippen LogP contribution in [0.1, 0.15) is 16.8 Å². The molecule has 2 aromatic rings. The van der Waals surface area contributed by atoms with Crippen molar-refractivity contribution in [1.29, 1.82) is 0 Å². The monoisotopic (exact) mass is 289 g/mol. The number of halogens is 1. The van der Waals surface area contributed by atoms with Crippen molar-refractivity contribution in [1.82, 2.24) is 9.97 Å². The second kappa shape index (κ2) is 6.00. The fourth-order valence-electron chi connectivity index (χ4n) is 1.64. The minimum Gasteiger partial charge on any atom is -0.507 e. The van der Waals surface area contributed by atoms with E-state index < -0.39 is 6.09 Å². The number of nitrogens with zero attached hydrogens (tertiary/aromatic N) is 2. The van der Waals surface area contributed by atoms with E-state index in [-0.39, 0.29) is 17.5 Å². The molecule has 0 bridgehead atoms. The van der Waals surface area contributed by atoms with Crippen molar-refractivity contribution in [3.8, 4) is 0 Å². The summed E-state index contributed by atoms with van der Waals surface area (Å²) >= 11 is 0. The number of hydrogen-bond donors (Lipinski definition) is 3. The Morgan fingerprint density at radius 3 is 2.76 bits per heavy atom. The number of aryl methyl sites for hydroxylation is 1. The van der Waals surface area contributed by atoms with Gasteiger partial charge in [-0.15, -0.1) is 0 Å². The molecule has 0 aliphatic carbocycles. The Balaban J connectivity index is 2.29. The number of amides is 1. The third-order valence-electron chi connectivity index (χ3n) is 2.63.